The fraction of sp³-hybridized carbons (Fsp3) is 0.357. The lowest BCUT2D eigenvalue weighted by molar-refractivity contribution is -0.0446. The fourth-order valence-electron chi connectivity index (χ4n) is 2.31. The number of carbonyl (C=O) groups excluding carboxylic acids is 1. The summed E-state index contributed by atoms with van der Waals surface area (Å²) in [6, 6.07) is 7.71. The van der Waals surface area contributed by atoms with Crippen LogP contribution in [0.4, 0.5) is 0 Å². The predicted molar refractivity (Wildman–Crippen MR) is 79.6 cm³/mol. The van der Waals surface area contributed by atoms with Crippen LogP contribution in [-0.2, 0) is 4.74 Å². The van der Waals surface area contributed by atoms with E-state index in [-0.39, 0.29) is 18.6 Å². The van der Waals surface area contributed by atoms with E-state index in [0.29, 0.717) is 29.6 Å². The Balaban J connectivity index is 1.90. The number of ether oxygens (including phenoxy) is 1. The minimum Gasteiger partial charge on any atom is -0.394 e. The fourth-order valence-corrected chi connectivity index (χ4v) is 3.79. The number of aliphatic hydroxyl groups is 1. The van der Waals surface area contributed by atoms with Gasteiger partial charge in [0.1, 0.15) is 4.88 Å². The number of halogens is 1. The van der Waals surface area contributed by atoms with E-state index >= 15 is 0 Å². The summed E-state index contributed by atoms with van der Waals surface area (Å²) < 4.78 is 6.37. The monoisotopic (exact) mass is 311 g/mol. The van der Waals surface area contributed by atoms with Gasteiger partial charge in [-0.1, -0.05) is 29.8 Å². The second kappa shape index (κ2) is 5.69. The zero-order chi connectivity index (χ0) is 14.1. The van der Waals surface area contributed by atoms with Crippen molar-refractivity contribution in [2.45, 2.75) is 6.10 Å². The molecular weight excluding hydrogens is 298 g/mol. The molecule has 2 heterocycles. The predicted octanol–water partition coefficient (Wildman–Crippen LogP) is 2.39. The molecule has 1 aliphatic rings. The van der Waals surface area contributed by atoms with E-state index in [1.165, 1.54) is 11.3 Å². The number of amides is 1. The molecular formula is C14H14ClNO3S. The number of hydrogen-bond acceptors (Lipinski definition) is 4. The van der Waals surface area contributed by atoms with Crippen molar-refractivity contribution in [3.8, 4) is 0 Å². The van der Waals surface area contributed by atoms with Crippen molar-refractivity contribution >= 4 is 38.9 Å². The summed E-state index contributed by atoms with van der Waals surface area (Å²) in [6.07, 6.45) is -0.305. The number of aliphatic hydroxyl groups excluding tert-OH is 1. The van der Waals surface area contributed by atoms with Crippen molar-refractivity contribution in [2.24, 2.45) is 0 Å². The average Bonchev–Trinajstić information content (AvgIpc) is 2.84. The van der Waals surface area contributed by atoms with Gasteiger partial charge in [-0.15, -0.1) is 11.3 Å². The highest BCUT2D eigenvalue weighted by molar-refractivity contribution is 7.21. The molecule has 2 aromatic rings. The largest absolute Gasteiger partial charge is 0.394 e. The molecule has 0 aliphatic carbocycles. The van der Waals surface area contributed by atoms with Gasteiger partial charge in [-0.3, -0.25) is 4.79 Å². The molecule has 0 radical (unpaired) electrons. The molecule has 1 saturated heterocycles. The van der Waals surface area contributed by atoms with Gasteiger partial charge < -0.3 is 14.7 Å². The summed E-state index contributed by atoms with van der Waals surface area (Å²) in [6.45, 7) is 1.29. The first-order valence-corrected chi connectivity index (χ1v) is 7.59. The van der Waals surface area contributed by atoms with Crippen molar-refractivity contribution in [1.82, 2.24) is 4.90 Å². The highest BCUT2D eigenvalue weighted by Crippen LogP contribution is 2.36. The Morgan fingerprint density at radius 2 is 2.30 bits per heavy atom. The zero-order valence-electron chi connectivity index (χ0n) is 10.7. The molecule has 1 atom stereocenters. The number of benzene rings is 1. The van der Waals surface area contributed by atoms with Crippen molar-refractivity contribution in [3.63, 3.8) is 0 Å². The minimum atomic E-state index is -0.305. The van der Waals surface area contributed by atoms with Crippen LogP contribution in [0.3, 0.4) is 0 Å². The Kier molecular flexibility index (Phi) is 3.94. The van der Waals surface area contributed by atoms with Crippen molar-refractivity contribution in [3.05, 3.63) is 34.2 Å². The van der Waals surface area contributed by atoms with E-state index in [4.69, 9.17) is 21.4 Å². The van der Waals surface area contributed by atoms with Gasteiger partial charge in [-0.2, -0.15) is 0 Å². The number of thiophene rings is 1. The molecule has 1 unspecified atom stereocenters. The highest BCUT2D eigenvalue weighted by atomic mass is 35.5. The van der Waals surface area contributed by atoms with E-state index in [2.05, 4.69) is 0 Å². The number of nitrogens with zero attached hydrogens (tertiary/aromatic N) is 1. The molecule has 0 spiro atoms. The van der Waals surface area contributed by atoms with E-state index in [9.17, 15) is 4.79 Å². The second-order valence-electron chi connectivity index (χ2n) is 4.67. The molecule has 1 aromatic heterocycles. The maximum atomic E-state index is 12.6. The number of morpholine rings is 1. The summed E-state index contributed by atoms with van der Waals surface area (Å²) in [4.78, 5) is 14.8. The Morgan fingerprint density at radius 3 is 3.05 bits per heavy atom. The van der Waals surface area contributed by atoms with Crippen molar-refractivity contribution in [1.29, 1.82) is 0 Å². The molecule has 1 aromatic carbocycles. The molecule has 1 N–H and O–H groups in total. The molecule has 1 fully saturated rings. The van der Waals surface area contributed by atoms with Crippen LogP contribution in [-0.4, -0.2) is 48.3 Å². The van der Waals surface area contributed by atoms with Gasteiger partial charge in [0.25, 0.3) is 5.91 Å². The molecule has 4 nitrogen and oxygen atoms in total. The molecule has 20 heavy (non-hydrogen) atoms. The first-order valence-electron chi connectivity index (χ1n) is 6.39. The third-order valence-corrected chi connectivity index (χ3v) is 5.02. The summed E-state index contributed by atoms with van der Waals surface area (Å²) in [7, 11) is 0. The van der Waals surface area contributed by atoms with Gasteiger partial charge in [0.05, 0.1) is 24.3 Å². The van der Waals surface area contributed by atoms with Crippen LogP contribution in [0.15, 0.2) is 24.3 Å². The van der Waals surface area contributed by atoms with Crippen LogP contribution in [0.1, 0.15) is 9.67 Å². The van der Waals surface area contributed by atoms with E-state index in [0.717, 1.165) is 10.1 Å². The number of rotatable bonds is 2. The number of carbonyl (C=O) groups is 1. The lowest BCUT2D eigenvalue weighted by Gasteiger charge is -2.31. The number of hydrogen-bond donors (Lipinski definition) is 1. The van der Waals surface area contributed by atoms with E-state index in [1.807, 2.05) is 24.3 Å². The van der Waals surface area contributed by atoms with Gasteiger partial charge in [0.2, 0.25) is 0 Å². The quantitative estimate of drug-likeness (QED) is 0.926. The van der Waals surface area contributed by atoms with Crippen LogP contribution in [0.5, 0.6) is 0 Å². The van der Waals surface area contributed by atoms with Gasteiger partial charge in [0, 0.05) is 23.2 Å². The van der Waals surface area contributed by atoms with Crippen LogP contribution in [0.25, 0.3) is 10.1 Å². The molecule has 0 saturated carbocycles. The molecule has 106 valence electrons. The summed E-state index contributed by atoms with van der Waals surface area (Å²) in [5.74, 6) is -0.0852. The lowest BCUT2D eigenvalue weighted by Crippen LogP contribution is -2.46. The van der Waals surface area contributed by atoms with Crippen LogP contribution in [0, 0.1) is 0 Å². The standard InChI is InChI=1S/C14H14ClNO3S/c15-12-10-3-1-2-4-11(10)20-13(12)14(18)16-5-6-19-9(7-16)8-17/h1-4,9,17H,5-8H2. The molecule has 0 bridgehead atoms. The van der Waals surface area contributed by atoms with Crippen molar-refractivity contribution < 1.29 is 14.6 Å². The van der Waals surface area contributed by atoms with Gasteiger partial charge in [-0.05, 0) is 6.07 Å². The summed E-state index contributed by atoms with van der Waals surface area (Å²) in [5.41, 5.74) is 0. The Morgan fingerprint density at radius 1 is 1.50 bits per heavy atom. The summed E-state index contributed by atoms with van der Waals surface area (Å²) in [5, 5.41) is 10.6. The lowest BCUT2D eigenvalue weighted by atomic mass is 10.2. The average molecular weight is 312 g/mol. The topological polar surface area (TPSA) is 49.8 Å². The van der Waals surface area contributed by atoms with Gasteiger partial charge in [0.15, 0.2) is 0 Å². The summed E-state index contributed by atoms with van der Waals surface area (Å²) >= 11 is 7.73. The first-order chi connectivity index (χ1) is 9.70. The molecule has 1 amide bonds. The van der Waals surface area contributed by atoms with Crippen LogP contribution >= 0.6 is 22.9 Å². The number of fused-ring (bicyclic) bond motifs is 1. The second-order valence-corrected chi connectivity index (χ2v) is 6.10. The SMILES string of the molecule is O=C(c1sc2ccccc2c1Cl)N1CCOC(CO)C1. The maximum absolute atomic E-state index is 12.6. The highest BCUT2D eigenvalue weighted by Gasteiger charge is 2.27. The molecule has 6 heteroatoms. The van der Waals surface area contributed by atoms with Gasteiger partial charge >= 0.3 is 0 Å². The normalized spacial score (nSPS) is 19.5. The smallest absolute Gasteiger partial charge is 0.265 e. The van der Waals surface area contributed by atoms with Crippen LogP contribution < -0.4 is 0 Å². The maximum Gasteiger partial charge on any atom is 0.265 e. The third-order valence-electron chi connectivity index (χ3n) is 3.36. The molecule has 3 rings (SSSR count). The first kappa shape index (κ1) is 13.8. The van der Waals surface area contributed by atoms with Gasteiger partial charge in [-0.25, -0.2) is 0 Å². The Hall–Kier alpha value is -1.14. The van der Waals surface area contributed by atoms with Crippen molar-refractivity contribution in [2.75, 3.05) is 26.3 Å². The van der Waals surface area contributed by atoms with Crippen LogP contribution in [0.2, 0.25) is 5.02 Å². The minimum absolute atomic E-state index is 0.0794. The van der Waals surface area contributed by atoms with E-state index in [1.54, 1.807) is 4.90 Å². The zero-order valence-corrected chi connectivity index (χ0v) is 12.3. The Bertz CT molecular complexity index is 642. The van der Waals surface area contributed by atoms with E-state index < -0.39 is 0 Å². The Labute approximate surface area is 125 Å². The third kappa shape index (κ3) is 2.42. The molecule has 1 aliphatic heterocycles.